The van der Waals surface area contributed by atoms with E-state index in [1.165, 1.54) is 11.6 Å². The van der Waals surface area contributed by atoms with Gasteiger partial charge in [-0.05, 0) is 55.7 Å². The second-order valence-electron chi connectivity index (χ2n) is 5.15. The predicted octanol–water partition coefficient (Wildman–Crippen LogP) is 4.92. The van der Waals surface area contributed by atoms with Crippen molar-refractivity contribution in [1.29, 1.82) is 0 Å². The van der Waals surface area contributed by atoms with Crippen molar-refractivity contribution in [1.82, 2.24) is 0 Å². The Bertz CT molecular complexity index is 681. The molecule has 3 heteroatoms. The van der Waals surface area contributed by atoms with Gasteiger partial charge in [-0.1, -0.05) is 41.4 Å². The number of carbonyl (C=O) groups is 1. The molecule has 0 aliphatic carbocycles. The number of rotatable bonds is 3. The summed E-state index contributed by atoms with van der Waals surface area (Å²) in [5, 5.41) is 3.59. The van der Waals surface area contributed by atoms with E-state index in [4.69, 9.17) is 11.6 Å². The van der Waals surface area contributed by atoms with E-state index in [0.717, 1.165) is 22.4 Å². The Kier molecular flexibility index (Phi) is 4.81. The largest absolute Gasteiger partial charge is 0.322 e. The highest BCUT2D eigenvalue weighted by Gasteiger charge is 2.06. The summed E-state index contributed by atoms with van der Waals surface area (Å²) in [6.07, 6.45) is 3.27. The van der Waals surface area contributed by atoms with E-state index < -0.39 is 0 Å². The normalized spacial score (nSPS) is 10.9. The standard InChI is InChI=1S/C18H18ClNO/c1-12-9-13(2)18(14(3)10-12)20-17(21)8-7-15-5-4-6-16(19)11-15/h4-11H,1-3H3,(H,20,21)/b8-7+. The summed E-state index contributed by atoms with van der Waals surface area (Å²) in [7, 11) is 0. The lowest BCUT2D eigenvalue weighted by Gasteiger charge is -2.11. The zero-order valence-corrected chi connectivity index (χ0v) is 13.2. The van der Waals surface area contributed by atoms with Gasteiger partial charge in [0, 0.05) is 16.8 Å². The van der Waals surface area contributed by atoms with Gasteiger partial charge in [0.1, 0.15) is 0 Å². The smallest absolute Gasteiger partial charge is 0.248 e. The van der Waals surface area contributed by atoms with E-state index in [1.807, 2.05) is 39.0 Å². The quantitative estimate of drug-likeness (QED) is 0.801. The van der Waals surface area contributed by atoms with Crippen LogP contribution < -0.4 is 5.32 Å². The number of amides is 1. The Hall–Kier alpha value is -2.06. The van der Waals surface area contributed by atoms with Crippen molar-refractivity contribution in [2.24, 2.45) is 0 Å². The average molecular weight is 300 g/mol. The van der Waals surface area contributed by atoms with Crippen LogP contribution in [0.2, 0.25) is 5.02 Å². The minimum atomic E-state index is -0.148. The molecule has 1 N–H and O–H groups in total. The van der Waals surface area contributed by atoms with Gasteiger partial charge in [0.2, 0.25) is 5.91 Å². The van der Waals surface area contributed by atoms with Crippen LogP contribution in [0, 0.1) is 20.8 Å². The molecule has 108 valence electrons. The zero-order valence-electron chi connectivity index (χ0n) is 12.4. The fourth-order valence-electron chi connectivity index (χ4n) is 2.32. The number of benzene rings is 2. The molecule has 0 saturated carbocycles. The van der Waals surface area contributed by atoms with Crippen LogP contribution in [0.5, 0.6) is 0 Å². The molecule has 21 heavy (non-hydrogen) atoms. The predicted molar refractivity (Wildman–Crippen MR) is 89.8 cm³/mol. The van der Waals surface area contributed by atoms with Crippen LogP contribution in [0.25, 0.3) is 6.08 Å². The van der Waals surface area contributed by atoms with Crippen molar-refractivity contribution in [3.05, 3.63) is 69.8 Å². The van der Waals surface area contributed by atoms with Crippen molar-refractivity contribution < 1.29 is 4.79 Å². The topological polar surface area (TPSA) is 29.1 Å². The fraction of sp³-hybridized carbons (Fsp3) is 0.167. The number of anilines is 1. The minimum absolute atomic E-state index is 0.148. The second kappa shape index (κ2) is 6.59. The van der Waals surface area contributed by atoms with E-state index in [9.17, 15) is 4.79 Å². The van der Waals surface area contributed by atoms with E-state index in [2.05, 4.69) is 17.4 Å². The van der Waals surface area contributed by atoms with Crippen molar-refractivity contribution in [3.8, 4) is 0 Å². The van der Waals surface area contributed by atoms with Gasteiger partial charge >= 0.3 is 0 Å². The summed E-state index contributed by atoms with van der Waals surface area (Å²) in [4.78, 5) is 12.0. The van der Waals surface area contributed by atoms with Crippen molar-refractivity contribution in [2.75, 3.05) is 5.32 Å². The van der Waals surface area contributed by atoms with Crippen LogP contribution in [-0.4, -0.2) is 5.91 Å². The number of hydrogen-bond acceptors (Lipinski definition) is 1. The minimum Gasteiger partial charge on any atom is -0.322 e. The van der Waals surface area contributed by atoms with Gasteiger partial charge in [-0.15, -0.1) is 0 Å². The third kappa shape index (κ3) is 4.20. The number of carbonyl (C=O) groups excluding carboxylic acids is 1. The van der Waals surface area contributed by atoms with Crippen molar-refractivity contribution in [3.63, 3.8) is 0 Å². The molecule has 2 rings (SSSR count). The molecule has 0 heterocycles. The lowest BCUT2D eigenvalue weighted by atomic mass is 10.1. The highest BCUT2D eigenvalue weighted by Crippen LogP contribution is 2.22. The number of nitrogens with one attached hydrogen (secondary N) is 1. The molecule has 0 spiro atoms. The molecule has 0 aliphatic heterocycles. The van der Waals surface area contributed by atoms with Crippen LogP contribution in [0.3, 0.4) is 0 Å². The highest BCUT2D eigenvalue weighted by atomic mass is 35.5. The maximum Gasteiger partial charge on any atom is 0.248 e. The molecule has 0 radical (unpaired) electrons. The summed E-state index contributed by atoms with van der Waals surface area (Å²) in [5.74, 6) is -0.148. The molecule has 0 atom stereocenters. The summed E-state index contributed by atoms with van der Waals surface area (Å²) >= 11 is 5.91. The summed E-state index contributed by atoms with van der Waals surface area (Å²) in [6, 6.07) is 11.5. The maximum absolute atomic E-state index is 12.0. The highest BCUT2D eigenvalue weighted by molar-refractivity contribution is 6.30. The van der Waals surface area contributed by atoms with E-state index >= 15 is 0 Å². The average Bonchev–Trinajstić information content (AvgIpc) is 2.40. The first-order valence-corrected chi connectivity index (χ1v) is 7.16. The lowest BCUT2D eigenvalue weighted by Crippen LogP contribution is -2.10. The molecule has 0 aliphatic rings. The zero-order chi connectivity index (χ0) is 15.4. The molecular formula is C18H18ClNO. The van der Waals surface area contributed by atoms with Crippen molar-refractivity contribution in [2.45, 2.75) is 20.8 Å². The van der Waals surface area contributed by atoms with Gasteiger partial charge in [-0.25, -0.2) is 0 Å². The Morgan fingerprint density at radius 3 is 2.38 bits per heavy atom. The molecule has 2 aromatic rings. The van der Waals surface area contributed by atoms with Gasteiger partial charge in [0.05, 0.1) is 0 Å². The van der Waals surface area contributed by atoms with E-state index in [0.29, 0.717) is 5.02 Å². The first-order chi connectivity index (χ1) is 9.95. The first kappa shape index (κ1) is 15.3. The third-order valence-electron chi connectivity index (χ3n) is 3.20. The lowest BCUT2D eigenvalue weighted by molar-refractivity contribution is -0.111. The second-order valence-corrected chi connectivity index (χ2v) is 5.59. The number of halogens is 1. The van der Waals surface area contributed by atoms with Crippen LogP contribution in [0.15, 0.2) is 42.5 Å². The van der Waals surface area contributed by atoms with Gasteiger partial charge in [-0.3, -0.25) is 4.79 Å². The van der Waals surface area contributed by atoms with Crippen LogP contribution >= 0.6 is 11.6 Å². The molecule has 0 aromatic heterocycles. The molecule has 0 unspecified atom stereocenters. The van der Waals surface area contributed by atoms with Crippen LogP contribution in [0.4, 0.5) is 5.69 Å². The number of aryl methyl sites for hydroxylation is 3. The number of hydrogen-bond donors (Lipinski definition) is 1. The van der Waals surface area contributed by atoms with Crippen LogP contribution in [0.1, 0.15) is 22.3 Å². The molecule has 2 nitrogen and oxygen atoms in total. The van der Waals surface area contributed by atoms with Crippen LogP contribution in [-0.2, 0) is 4.79 Å². The molecular weight excluding hydrogens is 282 g/mol. The Morgan fingerprint density at radius 1 is 1.10 bits per heavy atom. The molecule has 2 aromatic carbocycles. The molecule has 0 bridgehead atoms. The Balaban J connectivity index is 2.12. The maximum atomic E-state index is 12.0. The SMILES string of the molecule is Cc1cc(C)c(NC(=O)/C=C/c2cccc(Cl)c2)c(C)c1. The Labute approximate surface area is 130 Å². The van der Waals surface area contributed by atoms with E-state index in [1.54, 1.807) is 12.1 Å². The van der Waals surface area contributed by atoms with Gasteiger partial charge in [0.15, 0.2) is 0 Å². The third-order valence-corrected chi connectivity index (χ3v) is 3.44. The molecule has 0 saturated heterocycles. The monoisotopic (exact) mass is 299 g/mol. The first-order valence-electron chi connectivity index (χ1n) is 6.78. The Morgan fingerprint density at radius 2 is 1.76 bits per heavy atom. The van der Waals surface area contributed by atoms with Gasteiger partial charge < -0.3 is 5.32 Å². The van der Waals surface area contributed by atoms with E-state index in [-0.39, 0.29) is 5.91 Å². The summed E-state index contributed by atoms with van der Waals surface area (Å²) < 4.78 is 0. The van der Waals surface area contributed by atoms with Gasteiger partial charge in [-0.2, -0.15) is 0 Å². The molecule has 1 amide bonds. The fourth-order valence-corrected chi connectivity index (χ4v) is 2.52. The summed E-state index contributed by atoms with van der Waals surface area (Å²) in [5.41, 5.74) is 5.10. The summed E-state index contributed by atoms with van der Waals surface area (Å²) in [6.45, 7) is 6.04. The molecule has 0 fully saturated rings. The van der Waals surface area contributed by atoms with Gasteiger partial charge in [0.25, 0.3) is 0 Å². The van der Waals surface area contributed by atoms with Crippen molar-refractivity contribution >= 4 is 29.3 Å².